The first-order valence-corrected chi connectivity index (χ1v) is 6.77. The van der Waals surface area contributed by atoms with Crippen LogP contribution in [-0.4, -0.2) is 30.6 Å². The third kappa shape index (κ3) is 1.83. The Morgan fingerprint density at radius 1 is 1.13 bits per heavy atom. The van der Waals surface area contributed by atoms with Gasteiger partial charge in [0.05, 0.1) is 0 Å². The second kappa shape index (κ2) is 3.74. The van der Waals surface area contributed by atoms with Gasteiger partial charge in [-0.3, -0.25) is 4.90 Å². The number of piperidine rings is 1. The second-order valence-corrected chi connectivity index (χ2v) is 6.08. The molecular formula is C13H24N2. The van der Waals surface area contributed by atoms with Crippen LogP contribution in [0.5, 0.6) is 0 Å². The minimum atomic E-state index is 0.546. The van der Waals surface area contributed by atoms with Crippen LogP contribution in [0.2, 0.25) is 0 Å². The maximum atomic E-state index is 5.90. The molecule has 2 nitrogen and oxygen atoms in total. The highest BCUT2D eigenvalue weighted by Crippen LogP contribution is 2.47. The van der Waals surface area contributed by atoms with Crippen molar-refractivity contribution < 1.29 is 0 Å². The zero-order valence-electron chi connectivity index (χ0n) is 9.75. The van der Waals surface area contributed by atoms with E-state index in [-0.39, 0.29) is 0 Å². The number of likely N-dealkylation sites (tertiary alicyclic amines) is 1. The van der Waals surface area contributed by atoms with Gasteiger partial charge in [0.2, 0.25) is 0 Å². The normalized spacial score (nSPS) is 39.0. The highest BCUT2D eigenvalue weighted by molar-refractivity contribution is 4.99. The van der Waals surface area contributed by atoms with Gasteiger partial charge in [0.25, 0.3) is 0 Å². The lowest BCUT2D eigenvalue weighted by Gasteiger charge is -2.39. The number of rotatable bonds is 3. The zero-order valence-corrected chi connectivity index (χ0v) is 9.75. The van der Waals surface area contributed by atoms with Crippen molar-refractivity contribution in [3.8, 4) is 0 Å². The summed E-state index contributed by atoms with van der Waals surface area (Å²) in [7, 11) is 0. The summed E-state index contributed by atoms with van der Waals surface area (Å²) in [6.07, 6.45) is 10.1. The summed E-state index contributed by atoms with van der Waals surface area (Å²) < 4.78 is 0. The average molecular weight is 208 g/mol. The molecule has 0 spiro atoms. The molecule has 0 aromatic carbocycles. The van der Waals surface area contributed by atoms with E-state index < -0.39 is 0 Å². The van der Waals surface area contributed by atoms with E-state index in [4.69, 9.17) is 5.73 Å². The Morgan fingerprint density at radius 3 is 2.67 bits per heavy atom. The highest BCUT2D eigenvalue weighted by Gasteiger charge is 2.45. The molecule has 0 aromatic heterocycles. The zero-order chi connectivity index (χ0) is 10.3. The van der Waals surface area contributed by atoms with E-state index in [1.807, 2.05) is 0 Å². The molecule has 2 unspecified atom stereocenters. The fourth-order valence-corrected chi connectivity index (χ4v) is 3.79. The van der Waals surface area contributed by atoms with Crippen molar-refractivity contribution in [3.63, 3.8) is 0 Å². The van der Waals surface area contributed by atoms with Gasteiger partial charge in [-0.2, -0.15) is 0 Å². The SMILES string of the molecule is NCC1(CN2CCCC3CCCC32)CC1. The summed E-state index contributed by atoms with van der Waals surface area (Å²) in [5, 5.41) is 0. The van der Waals surface area contributed by atoms with Crippen molar-refractivity contribution in [2.24, 2.45) is 17.1 Å². The third-order valence-corrected chi connectivity index (χ3v) is 5.04. The van der Waals surface area contributed by atoms with Crippen LogP contribution in [0.4, 0.5) is 0 Å². The lowest BCUT2D eigenvalue weighted by Crippen LogP contribution is -2.46. The van der Waals surface area contributed by atoms with E-state index in [0.717, 1.165) is 18.5 Å². The van der Waals surface area contributed by atoms with Crippen LogP contribution < -0.4 is 5.73 Å². The summed E-state index contributed by atoms with van der Waals surface area (Å²) in [5.74, 6) is 1.03. The Morgan fingerprint density at radius 2 is 1.93 bits per heavy atom. The summed E-state index contributed by atoms with van der Waals surface area (Å²) >= 11 is 0. The fourth-order valence-electron chi connectivity index (χ4n) is 3.79. The first-order valence-electron chi connectivity index (χ1n) is 6.77. The third-order valence-electron chi connectivity index (χ3n) is 5.04. The number of nitrogens with two attached hydrogens (primary N) is 1. The van der Waals surface area contributed by atoms with Crippen LogP contribution in [0, 0.1) is 11.3 Å². The number of hydrogen-bond acceptors (Lipinski definition) is 2. The maximum Gasteiger partial charge on any atom is 0.0124 e. The molecule has 86 valence electrons. The molecule has 2 atom stereocenters. The van der Waals surface area contributed by atoms with Crippen molar-refractivity contribution >= 4 is 0 Å². The molecule has 0 bridgehead atoms. The van der Waals surface area contributed by atoms with E-state index in [9.17, 15) is 0 Å². The van der Waals surface area contributed by atoms with Crippen molar-refractivity contribution in [3.05, 3.63) is 0 Å². The molecule has 3 fully saturated rings. The Hall–Kier alpha value is -0.0800. The smallest absolute Gasteiger partial charge is 0.0124 e. The van der Waals surface area contributed by atoms with Crippen molar-refractivity contribution in [2.45, 2.75) is 51.0 Å². The second-order valence-electron chi connectivity index (χ2n) is 6.08. The molecule has 0 amide bonds. The van der Waals surface area contributed by atoms with Crippen LogP contribution in [0.25, 0.3) is 0 Å². The molecule has 0 aromatic rings. The van der Waals surface area contributed by atoms with Crippen molar-refractivity contribution in [2.75, 3.05) is 19.6 Å². The quantitative estimate of drug-likeness (QED) is 0.768. The molecule has 2 N–H and O–H groups in total. The van der Waals surface area contributed by atoms with Gasteiger partial charge in [-0.05, 0) is 62.9 Å². The maximum absolute atomic E-state index is 5.90. The Balaban J connectivity index is 1.64. The molecule has 2 heteroatoms. The fraction of sp³-hybridized carbons (Fsp3) is 1.00. The molecular weight excluding hydrogens is 184 g/mol. The van der Waals surface area contributed by atoms with E-state index in [1.165, 1.54) is 58.0 Å². The highest BCUT2D eigenvalue weighted by atomic mass is 15.2. The lowest BCUT2D eigenvalue weighted by molar-refractivity contribution is 0.0906. The molecule has 3 rings (SSSR count). The lowest BCUT2D eigenvalue weighted by atomic mass is 9.90. The van der Waals surface area contributed by atoms with E-state index in [2.05, 4.69) is 4.90 Å². The molecule has 2 saturated carbocycles. The summed E-state index contributed by atoms with van der Waals surface area (Å²) in [5.41, 5.74) is 6.44. The summed E-state index contributed by atoms with van der Waals surface area (Å²) in [4.78, 5) is 2.79. The number of fused-ring (bicyclic) bond motifs is 1. The van der Waals surface area contributed by atoms with E-state index >= 15 is 0 Å². The number of hydrogen-bond donors (Lipinski definition) is 1. The molecule has 1 aliphatic heterocycles. The minimum Gasteiger partial charge on any atom is -0.330 e. The first kappa shape index (κ1) is 10.1. The molecule has 2 aliphatic carbocycles. The molecule has 3 aliphatic rings. The van der Waals surface area contributed by atoms with Gasteiger partial charge < -0.3 is 5.73 Å². The topological polar surface area (TPSA) is 29.3 Å². The predicted octanol–water partition coefficient (Wildman–Crippen LogP) is 1.99. The van der Waals surface area contributed by atoms with Crippen LogP contribution in [0.3, 0.4) is 0 Å². The first-order chi connectivity index (χ1) is 7.33. The molecule has 1 saturated heterocycles. The van der Waals surface area contributed by atoms with Gasteiger partial charge in [-0.25, -0.2) is 0 Å². The predicted molar refractivity (Wildman–Crippen MR) is 62.7 cm³/mol. The Bertz CT molecular complexity index is 235. The van der Waals surface area contributed by atoms with Gasteiger partial charge >= 0.3 is 0 Å². The molecule has 0 radical (unpaired) electrons. The monoisotopic (exact) mass is 208 g/mol. The van der Waals surface area contributed by atoms with Gasteiger partial charge in [-0.15, -0.1) is 0 Å². The van der Waals surface area contributed by atoms with Crippen LogP contribution >= 0.6 is 0 Å². The van der Waals surface area contributed by atoms with Crippen LogP contribution in [0.1, 0.15) is 44.9 Å². The van der Waals surface area contributed by atoms with Gasteiger partial charge in [0, 0.05) is 12.6 Å². The van der Waals surface area contributed by atoms with Crippen molar-refractivity contribution in [1.29, 1.82) is 0 Å². The summed E-state index contributed by atoms with van der Waals surface area (Å²) in [6.45, 7) is 3.58. The van der Waals surface area contributed by atoms with Crippen molar-refractivity contribution in [1.82, 2.24) is 4.90 Å². The Kier molecular flexibility index (Phi) is 2.52. The Labute approximate surface area is 93.2 Å². The number of nitrogens with zero attached hydrogens (tertiary/aromatic N) is 1. The molecule has 1 heterocycles. The average Bonchev–Trinajstić information content (AvgIpc) is 2.87. The largest absolute Gasteiger partial charge is 0.330 e. The standard InChI is InChI=1S/C13H24N2/c14-9-13(6-7-13)10-15-8-2-4-11-3-1-5-12(11)15/h11-12H,1-10,14H2. The van der Waals surface area contributed by atoms with Gasteiger partial charge in [0.1, 0.15) is 0 Å². The van der Waals surface area contributed by atoms with Crippen LogP contribution in [0.15, 0.2) is 0 Å². The van der Waals surface area contributed by atoms with Gasteiger partial charge in [0.15, 0.2) is 0 Å². The van der Waals surface area contributed by atoms with Gasteiger partial charge in [-0.1, -0.05) is 6.42 Å². The summed E-state index contributed by atoms with van der Waals surface area (Å²) in [6, 6.07) is 0.933. The van der Waals surface area contributed by atoms with E-state index in [1.54, 1.807) is 0 Å². The van der Waals surface area contributed by atoms with E-state index in [0.29, 0.717) is 5.41 Å². The molecule has 15 heavy (non-hydrogen) atoms. The minimum absolute atomic E-state index is 0.546. The van der Waals surface area contributed by atoms with Crippen LogP contribution in [-0.2, 0) is 0 Å².